The number of ether oxygens (including phenoxy) is 1. The summed E-state index contributed by atoms with van der Waals surface area (Å²) in [7, 11) is 3.00. The third kappa shape index (κ3) is 4.04. The van der Waals surface area contributed by atoms with Crippen LogP contribution in [0.2, 0.25) is 0 Å². The first-order valence-electron chi connectivity index (χ1n) is 7.28. The summed E-state index contributed by atoms with van der Waals surface area (Å²) in [6.07, 6.45) is 1.69. The predicted molar refractivity (Wildman–Crippen MR) is 112 cm³/mol. The number of methoxy groups -OCH3 is 1. The Morgan fingerprint density at radius 1 is 1.38 bits per heavy atom. The topological polar surface area (TPSA) is 72.1 Å². The standard InChI is InChI=1S/C17H12BrIN2O4S/c1-21-15(22)13(8-11-7-12(19)14(18)25-11)26-17(21)20-10-5-3-9(4-6-10)16(23)24-2/h3-8H,1-2H3. The van der Waals surface area contributed by atoms with Crippen LogP contribution in [0, 0.1) is 3.57 Å². The Kier molecular flexibility index (Phi) is 5.88. The number of amides is 1. The van der Waals surface area contributed by atoms with Gasteiger partial charge in [-0.15, -0.1) is 0 Å². The van der Waals surface area contributed by atoms with Crippen molar-refractivity contribution >= 4 is 79.1 Å². The summed E-state index contributed by atoms with van der Waals surface area (Å²) in [5.74, 6) is 0.0351. The molecular formula is C17H12BrIN2O4S. The van der Waals surface area contributed by atoms with E-state index in [4.69, 9.17) is 4.42 Å². The molecule has 1 saturated heterocycles. The van der Waals surface area contributed by atoms with Crippen molar-refractivity contribution < 1.29 is 18.7 Å². The van der Waals surface area contributed by atoms with Gasteiger partial charge < -0.3 is 9.15 Å². The van der Waals surface area contributed by atoms with Crippen molar-refractivity contribution in [1.82, 2.24) is 4.90 Å². The molecule has 2 heterocycles. The van der Waals surface area contributed by atoms with E-state index in [0.717, 1.165) is 3.57 Å². The molecule has 3 rings (SSSR count). The van der Waals surface area contributed by atoms with Crippen molar-refractivity contribution in [3.05, 3.63) is 54.8 Å². The fourth-order valence-corrected chi connectivity index (χ4v) is 3.80. The minimum absolute atomic E-state index is 0.150. The minimum atomic E-state index is -0.406. The first kappa shape index (κ1) is 19.2. The predicted octanol–water partition coefficient (Wildman–Crippen LogP) is 4.67. The quantitative estimate of drug-likeness (QED) is 0.318. The number of nitrogens with zero attached hydrogens (tertiary/aromatic N) is 2. The van der Waals surface area contributed by atoms with Crippen LogP contribution in [0.4, 0.5) is 5.69 Å². The van der Waals surface area contributed by atoms with E-state index in [1.54, 1.807) is 37.4 Å². The van der Waals surface area contributed by atoms with Gasteiger partial charge in [-0.2, -0.15) is 0 Å². The number of halogens is 2. The molecule has 0 aliphatic carbocycles. The number of aliphatic imine (C=N–C) groups is 1. The van der Waals surface area contributed by atoms with E-state index >= 15 is 0 Å². The molecule has 134 valence electrons. The summed E-state index contributed by atoms with van der Waals surface area (Å²) in [5.41, 5.74) is 1.08. The Morgan fingerprint density at radius 3 is 2.65 bits per heavy atom. The summed E-state index contributed by atoms with van der Waals surface area (Å²) < 4.78 is 11.8. The number of thioether (sulfide) groups is 1. The zero-order valence-electron chi connectivity index (χ0n) is 13.7. The lowest BCUT2D eigenvalue weighted by molar-refractivity contribution is -0.121. The van der Waals surface area contributed by atoms with Crippen LogP contribution in [0.25, 0.3) is 6.08 Å². The fourth-order valence-electron chi connectivity index (χ4n) is 2.12. The van der Waals surface area contributed by atoms with E-state index in [1.165, 1.54) is 23.8 Å². The molecule has 1 aromatic carbocycles. The lowest BCUT2D eigenvalue weighted by Gasteiger charge is -2.07. The maximum Gasteiger partial charge on any atom is 0.337 e. The molecule has 6 nitrogen and oxygen atoms in total. The van der Waals surface area contributed by atoms with E-state index in [9.17, 15) is 9.59 Å². The van der Waals surface area contributed by atoms with E-state index in [2.05, 4.69) is 48.3 Å². The molecule has 1 amide bonds. The third-order valence-electron chi connectivity index (χ3n) is 3.45. The van der Waals surface area contributed by atoms with Gasteiger partial charge in [-0.1, -0.05) is 0 Å². The highest BCUT2D eigenvalue weighted by Gasteiger charge is 2.30. The minimum Gasteiger partial charge on any atom is -0.465 e. The monoisotopic (exact) mass is 546 g/mol. The average Bonchev–Trinajstić information content (AvgIpc) is 3.08. The van der Waals surface area contributed by atoms with Crippen molar-refractivity contribution in [2.24, 2.45) is 4.99 Å². The van der Waals surface area contributed by atoms with Crippen molar-refractivity contribution in [2.75, 3.05) is 14.2 Å². The van der Waals surface area contributed by atoms with Gasteiger partial charge in [0.05, 0.1) is 26.8 Å². The summed E-state index contributed by atoms with van der Waals surface area (Å²) in [6, 6.07) is 8.50. The van der Waals surface area contributed by atoms with Crippen LogP contribution in [-0.4, -0.2) is 36.1 Å². The average molecular weight is 547 g/mol. The Balaban J connectivity index is 1.84. The van der Waals surface area contributed by atoms with Crippen LogP contribution in [-0.2, 0) is 9.53 Å². The van der Waals surface area contributed by atoms with Crippen LogP contribution in [0.1, 0.15) is 16.1 Å². The van der Waals surface area contributed by atoms with Crippen molar-refractivity contribution in [2.45, 2.75) is 0 Å². The maximum absolute atomic E-state index is 12.4. The zero-order chi connectivity index (χ0) is 18.8. The number of carbonyl (C=O) groups is 2. The summed E-state index contributed by atoms with van der Waals surface area (Å²) in [4.78, 5) is 30.4. The highest BCUT2D eigenvalue weighted by atomic mass is 127. The lowest BCUT2D eigenvalue weighted by atomic mass is 10.2. The second kappa shape index (κ2) is 7.97. The van der Waals surface area contributed by atoms with E-state index < -0.39 is 5.97 Å². The molecule has 0 N–H and O–H groups in total. The number of esters is 1. The van der Waals surface area contributed by atoms with Gasteiger partial charge in [0.15, 0.2) is 9.84 Å². The first-order chi connectivity index (χ1) is 12.4. The maximum atomic E-state index is 12.4. The number of carbonyl (C=O) groups excluding carboxylic acids is 2. The molecule has 26 heavy (non-hydrogen) atoms. The van der Waals surface area contributed by atoms with Crippen LogP contribution < -0.4 is 0 Å². The number of hydrogen-bond donors (Lipinski definition) is 0. The third-order valence-corrected chi connectivity index (χ3v) is 6.65. The molecule has 0 radical (unpaired) electrons. The number of hydrogen-bond acceptors (Lipinski definition) is 6. The molecule has 0 atom stereocenters. The van der Waals surface area contributed by atoms with Gasteiger partial charge in [-0.25, -0.2) is 9.79 Å². The van der Waals surface area contributed by atoms with Crippen molar-refractivity contribution in [1.29, 1.82) is 0 Å². The summed E-state index contributed by atoms with van der Waals surface area (Å²) in [5, 5.41) is 0.549. The normalized spacial score (nSPS) is 17.4. The van der Waals surface area contributed by atoms with Crippen LogP contribution >= 0.6 is 50.3 Å². The second-order valence-corrected chi connectivity index (χ2v) is 8.07. The Hall–Kier alpha value is -1.59. The Labute approximate surface area is 175 Å². The molecule has 1 aliphatic rings. The highest BCUT2D eigenvalue weighted by Crippen LogP contribution is 2.34. The molecular weight excluding hydrogens is 535 g/mol. The van der Waals surface area contributed by atoms with Crippen molar-refractivity contribution in [3.8, 4) is 0 Å². The SMILES string of the molecule is COC(=O)c1ccc(N=C2SC(=Cc3cc(I)c(Br)o3)C(=O)N2C)cc1. The number of rotatable bonds is 3. The Bertz CT molecular complexity index is 917. The zero-order valence-corrected chi connectivity index (χ0v) is 18.2. The fraction of sp³-hybridized carbons (Fsp3) is 0.118. The number of amidine groups is 1. The number of furan rings is 1. The molecule has 1 aromatic heterocycles. The number of likely N-dealkylation sites (N-methyl/N-ethyl adjacent to an activating group) is 1. The van der Waals surface area contributed by atoms with E-state index in [-0.39, 0.29) is 5.91 Å². The molecule has 9 heteroatoms. The van der Waals surface area contributed by atoms with Gasteiger partial charge in [0.1, 0.15) is 5.76 Å². The van der Waals surface area contributed by atoms with E-state index in [1.807, 2.05) is 6.07 Å². The molecule has 0 spiro atoms. The van der Waals surface area contributed by atoms with Gasteiger partial charge in [-0.3, -0.25) is 9.69 Å². The Morgan fingerprint density at radius 2 is 2.08 bits per heavy atom. The van der Waals surface area contributed by atoms with Crippen LogP contribution in [0.15, 0.2) is 49.3 Å². The largest absolute Gasteiger partial charge is 0.465 e. The van der Waals surface area contributed by atoms with E-state index in [0.29, 0.717) is 31.8 Å². The molecule has 1 fully saturated rings. The molecule has 2 aromatic rings. The van der Waals surface area contributed by atoms with Crippen LogP contribution in [0.3, 0.4) is 0 Å². The van der Waals surface area contributed by atoms with Gasteiger partial charge in [0.2, 0.25) is 0 Å². The van der Waals surface area contributed by atoms with Gasteiger partial charge in [-0.05, 0) is 80.6 Å². The summed E-state index contributed by atoms with van der Waals surface area (Å²) >= 11 is 6.71. The molecule has 0 saturated carbocycles. The summed E-state index contributed by atoms with van der Waals surface area (Å²) in [6.45, 7) is 0. The molecule has 1 aliphatic heterocycles. The highest BCUT2D eigenvalue weighted by molar-refractivity contribution is 14.1. The van der Waals surface area contributed by atoms with Gasteiger partial charge >= 0.3 is 5.97 Å². The number of benzene rings is 1. The smallest absolute Gasteiger partial charge is 0.337 e. The molecule has 0 bridgehead atoms. The van der Waals surface area contributed by atoms with Crippen LogP contribution in [0.5, 0.6) is 0 Å². The van der Waals surface area contributed by atoms with Crippen molar-refractivity contribution in [3.63, 3.8) is 0 Å². The van der Waals surface area contributed by atoms with Gasteiger partial charge in [0.25, 0.3) is 5.91 Å². The lowest BCUT2D eigenvalue weighted by Crippen LogP contribution is -2.23. The first-order valence-corrected chi connectivity index (χ1v) is 9.97. The van der Waals surface area contributed by atoms with Gasteiger partial charge in [0, 0.05) is 13.1 Å². The molecule has 0 unspecified atom stereocenters. The second-order valence-electron chi connectivity index (χ2n) is 5.18.